The summed E-state index contributed by atoms with van der Waals surface area (Å²) in [5.74, 6) is 0.626. The first-order valence-electron chi connectivity index (χ1n) is 6.99. The number of nitrogens with one attached hydrogen (secondary N) is 1. The van der Waals surface area contributed by atoms with E-state index in [2.05, 4.69) is 46.9 Å². The molecule has 1 rings (SSSR count). The number of methoxy groups -OCH3 is 1. The van der Waals surface area contributed by atoms with E-state index in [4.69, 9.17) is 9.72 Å². The van der Waals surface area contributed by atoms with Crippen LogP contribution in [0.3, 0.4) is 0 Å². The van der Waals surface area contributed by atoms with Gasteiger partial charge in [-0.05, 0) is 40.0 Å². The second-order valence-corrected chi connectivity index (χ2v) is 7.62. The lowest BCUT2D eigenvalue weighted by atomic mass is 10.1. The maximum atomic E-state index is 5.38. The van der Waals surface area contributed by atoms with E-state index in [1.807, 2.05) is 0 Å². The van der Waals surface area contributed by atoms with Gasteiger partial charge in [0.1, 0.15) is 11.1 Å². The van der Waals surface area contributed by atoms with Crippen molar-refractivity contribution in [3.63, 3.8) is 0 Å². The summed E-state index contributed by atoms with van der Waals surface area (Å²) < 4.78 is 5.38. The zero-order valence-electron chi connectivity index (χ0n) is 13.3. The highest BCUT2D eigenvalue weighted by atomic mass is 32.1. The van der Waals surface area contributed by atoms with Crippen molar-refractivity contribution in [2.75, 3.05) is 7.11 Å². The van der Waals surface area contributed by atoms with Crippen molar-refractivity contribution >= 4 is 11.3 Å². The number of thiazole rings is 1. The topological polar surface area (TPSA) is 34.1 Å². The van der Waals surface area contributed by atoms with Gasteiger partial charge in [-0.2, -0.15) is 0 Å². The molecule has 19 heavy (non-hydrogen) atoms. The molecular formula is C15H28N2OS. The highest BCUT2D eigenvalue weighted by Gasteiger charge is 2.18. The van der Waals surface area contributed by atoms with Crippen LogP contribution in [0.5, 0.6) is 0 Å². The van der Waals surface area contributed by atoms with E-state index in [0.717, 1.165) is 18.0 Å². The van der Waals surface area contributed by atoms with Gasteiger partial charge >= 0.3 is 0 Å². The number of hydrogen-bond acceptors (Lipinski definition) is 4. The van der Waals surface area contributed by atoms with Crippen LogP contribution in [-0.4, -0.2) is 17.6 Å². The molecule has 1 aromatic rings. The molecule has 0 spiro atoms. The van der Waals surface area contributed by atoms with Gasteiger partial charge < -0.3 is 10.1 Å². The maximum Gasteiger partial charge on any atom is 0.122 e. The average molecular weight is 284 g/mol. The first-order chi connectivity index (χ1) is 8.73. The Labute approximate surface area is 121 Å². The Bertz CT molecular complexity index is 393. The standard InChI is InChI=1S/C15H28N2OS/c1-10(2)8-12-13(9-16-15(4,5)6)19-14(17-12)11(3)18-7/h10-11,16H,8-9H2,1-7H3. The van der Waals surface area contributed by atoms with Crippen LogP contribution >= 0.6 is 11.3 Å². The van der Waals surface area contributed by atoms with Crippen LogP contribution in [0.15, 0.2) is 0 Å². The highest BCUT2D eigenvalue weighted by Crippen LogP contribution is 2.27. The van der Waals surface area contributed by atoms with E-state index in [1.165, 1.54) is 10.6 Å². The van der Waals surface area contributed by atoms with Gasteiger partial charge in [-0.3, -0.25) is 0 Å². The second-order valence-electron chi connectivity index (χ2n) is 6.50. The molecule has 1 atom stereocenters. The molecule has 0 saturated heterocycles. The summed E-state index contributed by atoms with van der Waals surface area (Å²) >= 11 is 1.78. The molecule has 1 unspecified atom stereocenters. The minimum Gasteiger partial charge on any atom is -0.375 e. The molecule has 0 aliphatic carbocycles. The van der Waals surface area contributed by atoms with Crippen LogP contribution in [0, 0.1) is 5.92 Å². The lowest BCUT2D eigenvalue weighted by Crippen LogP contribution is -2.35. The van der Waals surface area contributed by atoms with Gasteiger partial charge in [-0.15, -0.1) is 11.3 Å². The lowest BCUT2D eigenvalue weighted by Gasteiger charge is -2.20. The SMILES string of the molecule is COC(C)c1nc(CC(C)C)c(CNC(C)(C)C)s1. The van der Waals surface area contributed by atoms with Gasteiger partial charge in [0.25, 0.3) is 0 Å². The fourth-order valence-corrected chi connectivity index (χ4v) is 2.77. The van der Waals surface area contributed by atoms with Gasteiger partial charge in [-0.1, -0.05) is 13.8 Å². The zero-order valence-corrected chi connectivity index (χ0v) is 14.1. The molecule has 0 saturated carbocycles. The number of nitrogens with zero attached hydrogens (tertiary/aromatic N) is 1. The first-order valence-corrected chi connectivity index (χ1v) is 7.81. The Morgan fingerprint density at radius 1 is 1.26 bits per heavy atom. The first kappa shape index (κ1) is 16.6. The van der Waals surface area contributed by atoms with Gasteiger partial charge in [-0.25, -0.2) is 4.98 Å². The third-order valence-corrected chi connectivity index (χ3v) is 4.14. The molecule has 1 N–H and O–H groups in total. The average Bonchev–Trinajstić information content (AvgIpc) is 2.67. The largest absolute Gasteiger partial charge is 0.375 e. The molecule has 110 valence electrons. The molecule has 1 aromatic heterocycles. The Hall–Kier alpha value is -0.450. The van der Waals surface area contributed by atoms with Gasteiger partial charge in [0, 0.05) is 24.1 Å². The number of aromatic nitrogens is 1. The van der Waals surface area contributed by atoms with E-state index < -0.39 is 0 Å². The van der Waals surface area contributed by atoms with Crippen molar-refractivity contribution in [1.82, 2.24) is 10.3 Å². The fraction of sp³-hybridized carbons (Fsp3) is 0.800. The molecule has 3 nitrogen and oxygen atoms in total. The number of rotatable bonds is 6. The minimum atomic E-state index is 0.0827. The third-order valence-electron chi connectivity index (χ3n) is 2.88. The molecule has 0 bridgehead atoms. The Morgan fingerprint density at radius 3 is 2.37 bits per heavy atom. The number of hydrogen-bond donors (Lipinski definition) is 1. The van der Waals surface area contributed by atoms with Crippen LogP contribution in [0.1, 0.15) is 63.2 Å². The molecule has 0 fully saturated rings. The molecule has 0 aliphatic heterocycles. The summed E-state index contributed by atoms with van der Waals surface area (Å²) in [6, 6.07) is 0. The predicted octanol–water partition coefficient (Wildman–Crippen LogP) is 3.94. The second kappa shape index (κ2) is 6.82. The van der Waals surface area contributed by atoms with Crippen molar-refractivity contribution in [2.24, 2.45) is 5.92 Å². The normalized spacial score (nSPS) is 14.1. The number of ether oxygens (including phenoxy) is 1. The molecular weight excluding hydrogens is 256 g/mol. The molecule has 1 heterocycles. The highest BCUT2D eigenvalue weighted by molar-refractivity contribution is 7.11. The van der Waals surface area contributed by atoms with Crippen LogP contribution in [-0.2, 0) is 17.7 Å². The van der Waals surface area contributed by atoms with Gasteiger partial charge in [0.15, 0.2) is 0 Å². The molecule has 0 amide bonds. The van der Waals surface area contributed by atoms with Crippen LogP contribution in [0.4, 0.5) is 0 Å². The third kappa shape index (κ3) is 5.59. The molecule has 4 heteroatoms. The Balaban J connectivity index is 2.89. The molecule has 0 aliphatic rings. The Kier molecular flexibility index (Phi) is 5.96. The lowest BCUT2D eigenvalue weighted by molar-refractivity contribution is 0.119. The molecule has 0 aromatic carbocycles. The van der Waals surface area contributed by atoms with Crippen LogP contribution in [0.2, 0.25) is 0 Å². The van der Waals surface area contributed by atoms with Crippen molar-refractivity contribution in [3.8, 4) is 0 Å². The van der Waals surface area contributed by atoms with Gasteiger partial charge in [0.05, 0.1) is 5.69 Å². The van der Waals surface area contributed by atoms with E-state index in [9.17, 15) is 0 Å². The fourth-order valence-electron chi connectivity index (χ4n) is 1.71. The van der Waals surface area contributed by atoms with Crippen LogP contribution in [0.25, 0.3) is 0 Å². The van der Waals surface area contributed by atoms with Crippen LogP contribution < -0.4 is 5.32 Å². The molecule has 0 radical (unpaired) electrons. The quantitative estimate of drug-likeness (QED) is 0.859. The van der Waals surface area contributed by atoms with E-state index >= 15 is 0 Å². The van der Waals surface area contributed by atoms with E-state index in [0.29, 0.717) is 5.92 Å². The van der Waals surface area contributed by atoms with Crippen molar-refractivity contribution in [2.45, 2.75) is 66.2 Å². The van der Waals surface area contributed by atoms with Crippen molar-refractivity contribution in [3.05, 3.63) is 15.6 Å². The van der Waals surface area contributed by atoms with E-state index in [1.54, 1.807) is 18.4 Å². The summed E-state index contributed by atoms with van der Waals surface area (Å²) in [4.78, 5) is 6.12. The van der Waals surface area contributed by atoms with Crippen molar-refractivity contribution < 1.29 is 4.74 Å². The summed E-state index contributed by atoms with van der Waals surface area (Å²) in [6.07, 6.45) is 1.12. The Morgan fingerprint density at radius 2 is 1.89 bits per heavy atom. The van der Waals surface area contributed by atoms with Crippen molar-refractivity contribution in [1.29, 1.82) is 0 Å². The summed E-state index contributed by atoms with van der Waals surface area (Å²) in [7, 11) is 1.74. The maximum absolute atomic E-state index is 5.38. The predicted molar refractivity (Wildman–Crippen MR) is 82.7 cm³/mol. The summed E-state index contributed by atoms with van der Waals surface area (Å²) in [5, 5.41) is 4.64. The minimum absolute atomic E-state index is 0.0827. The van der Waals surface area contributed by atoms with E-state index in [-0.39, 0.29) is 11.6 Å². The monoisotopic (exact) mass is 284 g/mol. The van der Waals surface area contributed by atoms with Gasteiger partial charge in [0.2, 0.25) is 0 Å². The zero-order chi connectivity index (χ0) is 14.6. The smallest absolute Gasteiger partial charge is 0.122 e. The summed E-state index contributed by atoms with van der Waals surface area (Å²) in [6.45, 7) is 14.0. The summed E-state index contributed by atoms with van der Waals surface area (Å²) in [5.41, 5.74) is 1.36.